The standard InChI is InChI=1S/C19H18FNO4/c1-25-11-15-8-13(6-7-16(15)20)18(22)21-10-14-5-3-2-4-12(14)9-17(21)19(23)24/h2-8,17H,9-11H2,1H3,(H,23,24). The number of carboxylic acids is 1. The molecule has 0 bridgehead atoms. The molecular formula is C19H18FNO4. The first-order valence-corrected chi connectivity index (χ1v) is 7.89. The maximum absolute atomic E-state index is 13.8. The zero-order valence-corrected chi connectivity index (χ0v) is 13.7. The Kier molecular flexibility index (Phi) is 4.81. The predicted octanol–water partition coefficient (Wildman–Crippen LogP) is 2.62. The molecule has 0 aliphatic carbocycles. The Morgan fingerprint density at radius 2 is 1.96 bits per heavy atom. The van der Waals surface area contributed by atoms with Crippen molar-refractivity contribution >= 4 is 11.9 Å². The maximum Gasteiger partial charge on any atom is 0.326 e. The van der Waals surface area contributed by atoms with Gasteiger partial charge in [-0.15, -0.1) is 0 Å². The van der Waals surface area contributed by atoms with Gasteiger partial charge in [0, 0.05) is 31.2 Å². The van der Waals surface area contributed by atoms with E-state index >= 15 is 0 Å². The van der Waals surface area contributed by atoms with E-state index in [-0.39, 0.29) is 30.7 Å². The van der Waals surface area contributed by atoms with Crippen LogP contribution in [0.15, 0.2) is 42.5 Å². The van der Waals surface area contributed by atoms with Crippen LogP contribution in [0.3, 0.4) is 0 Å². The number of methoxy groups -OCH3 is 1. The van der Waals surface area contributed by atoms with Gasteiger partial charge < -0.3 is 14.7 Å². The van der Waals surface area contributed by atoms with Crippen molar-refractivity contribution in [2.24, 2.45) is 0 Å². The minimum atomic E-state index is -1.05. The minimum Gasteiger partial charge on any atom is -0.480 e. The molecule has 1 unspecified atom stereocenters. The van der Waals surface area contributed by atoms with Gasteiger partial charge in [-0.1, -0.05) is 24.3 Å². The van der Waals surface area contributed by atoms with Crippen molar-refractivity contribution in [2.45, 2.75) is 25.6 Å². The Bertz CT molecular complexity index is 821. The van der Waals surface area contributed by atoms with Gasteiger partial charge in [-0.25, -0.2) is 9.18 Å². The Balaban J connectivity index is 1.95. The van der Waals surface area contributed by atoms with E-state index in [9.17, 15) is 19.1 Å². The van der Waals surface area contributed by atoms with Crippen molar-refractivity contribution in [3.63, 3.8) is 0 Å². The fraction of sp³-hybridized carbons (Fsp3) is 0.263. The Morgan fingerprint density at radius 1 is 1.24 bits per heavy atom. The van der Waals surface area contributed by atoms with E-state index < -0.39 is 23.7 Å². The number of hydrogen-bond acceptors (Lipinski definition) is 3. The molecule has 1 N–H and O–H groups in total. The quantitative estimate of drug-likeness (QED) is 0.927. The van der Waals surface area contributed by atoms with Crippen LogP contribution in [0, 0.1) is 5.82 Å². The fourth-order valence-electron chi connectivity index (χ4n) is 3.10. The van der Waals surface area contributed by atoms with Crippen molar-refractivity contribution in [2.75, 3.05) is 7.11 Å². The van der Waals surface area contributed by atoms with Gasteiger partial charge in [0.25, 0.3) is 5.91 Å². The number of halogens is 1. The second kappa shape index (κ2) is 7.03. The molecule has 6 heteroatoms. The average Bonchev–Trinajstić information content (AvgIpc) is 2.62. The van der Waals surface area contributed by atoms with E-state index in [1.165, 1.54) is 30.2 Å². The lowest BCUT2D eigenvalue weighted by Gasteiger charge is -2.34. The van der Waals surface area contributed by atoms with E-state index in [0.29, 0.717) is 0 Å². The van der Waals surface area contributed by atoms with Crippen LogP contribution >= 0.6 is 0 Å². The SMILES string of the molecule is COCc1cc(C(=O)N2Cc3ccccc3CC2C(=O)O)ccc1F. The highest BCUT2D eigenvalue weighted by Gasteiger charge is 2.35. The van der Waals surface area contributed by atoms with E-state index in [1.807, 2.05) is 24.3 Å². The highest BCUT2D eigenvalue weighted by atomic mass is 19.1. The van der Waals surface area contributed by atoms with Gasteiger partial charge in [0.2, 0.25) is 0 Å². The van der Waals surface area contributed by atoms with E-state index in [4.69, 9.17) is 4.74 Å². The highest BCUT2D eigenvalue weighted by Crippen LogP contribution is 2.25. The van der Waals surface area contributed by atoms with Crippen LogP contribution < -0.4 is 0 Å². The second-order valence-electron chi connectivity index (χ2n) is 6.00. The summed E-state index contributed by atoms with van der Waals surface area (Å²) in [5.41, 5.74) is 2.36. The maximum atomic E-state index is 13.8. The first-order valence-electron chi connectivity index (χ1n) is 7.89. The number of benzene rings is 2. The lowest BCUT2D eigenvalue weighted by molar-refractivity contribution is -0.142. The molecule has 2 aromatic rings. The molecule has 1 amide bonds. The number of aliphatic carboxylic acids is 1. The number of hydrogen-bond donors (Lipinski definition) is 1. The van der Waals surface area contributed by atoms with Crippen LogP contribution in [0.25, 0.3) is 0 Å². The topological polar surface area (TPSA) is 66.8 Å². The van der Waals surface area contributed by atoms with Gasteiger partial charge in [0.15, 0.2) is 0 Å². The molecule has 2 aromatic carbocycles. The Hall–Kier alpha value is -2.73. The van der Waals surface area contributed by atoms with E-state index in [2.05, 4.69) is 0 Å². The second-order valence-corrected chi connectivity index (χ2v) is 6.00. The molecule has 1 heterocycles. The highest BCUT2D eigenvalue weighted by molar-refractivity contribution is 5.97. The smallest absolute Gasteiger partial charge is 0.326 e. The molecule has 0 radical (unpaired) electrons. The Labute approximate surface area is 144 Å². The lowest BCUT2D eigenvalue weighted by atomic mass is 9.93. The minimum absolute atomic E-state index is 0.0398. The molecule has 1 aliphatic rings. The van der Waals surface area contributed by atoms with Crippen molar-refractivity contribution in [1.82, 2.24) is 4.90 Å². The third-order valence-corrected chi connectivity index (χ3v) is 4.39. The Morgan fingerprint density at radius 3 is 2.64 bits per heavy atom. The molecule has 25 heavy (non-hydrogen) atoms. The lowest BCUT2D eigenvalue weighted by Crippen LogP contribution is -2.48. The van der Waals surface area contributed by atoms with Crippen LogP contribution in [0.4, 0.5) is 4.39 Å². The molecule has 0 spiro atoms. The average molecular weight is 343 g/mol. The molecular weight excluding hydrogens is 325 g/mol. The van der Waals surface area contributed by atoms with Crippen LogP contribution in [0.1, 0.15) is 27.0 Å². The molecule has 1 atom stereocenters. The van der Waals surface area contributed by atoms with Crippen molar-refractivity contribution in [1.29, 1.82) is 0 Å². The summed E-state index contributed by atoms with van der Waals surface area (Å²) in [6, 6.07) is 10.5. The molecule has 5 nitrogen and oxygen atoms in total. The number of fused-ring (bicyclic) bond motifs is 1. The summed E-state index contributed by atoms with van der Waals surface area (Å²) in [7, 11) is 1.44. The summed E-state index contributed by atoms with van der Waals surface area (Å²) in [6.07, 6.45) is 0.253. The number of ether oxygens (including phenoxy) is 1. The molecule has 0 fully saturated rings. The van der Waals surface area contributed by atoms with Gasteiger partial charge >= 0.3 is 5.97 Å². The first-order chi connectivity index (χ1) is 12.0. The van der Waals surface area contributed by atoms with Gasteiger partial charge in [-0.05, 0) is 29.3 Å². The molecule has 130 valence electrons. The normalized spacial score (nSPS) is 16.4. The summed E-state index contributed by atoms with van der Waals surface area (Å²) in [6.45, 7) is 0.251. The van der Waals surface area contributed by atoms with Crippen LogP contribution in [-0.2, 0) is 29.1 Å². The van der Waals surface area contributed by atoms with Crippen LogP contribution in [0.2, 0.25) is 0 Å². The first kappa shape index (κ1) is 17.1. The van der Waals surface area contributed by atoms with Gasteiger partial charge in [0.1, 0.15) is 11.9 Å². The third-order valence-electron chi connectivity index (χ3n) is 4.39. The van der Waals surface area contributed by atoms with Crippen LogP contribution in [0.5, 0.6) is 0 Å². The fourth-order valence-corrected chi connectivity index (χ4v) is 3.10. The number of rotatable bonds is 4. The zero-order chi connectivity index (χ0) is 18.0. The number of nitrogens with zero attached hydrogens (tertiary/aromatic N) is 1. The molecule has 0 saturated carbocycles. The van der Waals surface area contributed by atoms with Gasteiger partial charge in [-0.2, -0.15) is 0 Å². The summed E-state index contributed by atoms with van der Waals surface area (Å²) < 4.78 is 18.7. The number of amides is 1. The van der Waals surface area contributed by atoms with Crippen molar-refractivity contribution < 1.29 is 23.8 Å². The number of carboxylic acid groups (broad SMARTS) is 1. The molecule has 0 aromatic heterocycles. The summed E-state index contributed by atoms with van der Waals surface area (Å²) >= 11 is 0. The predicted molar refractivity (Wildman–Crippen MR) is 88.6 cm³/mol. The monoisotopic (exact) mass is 343 g/mol. The van der Waals surface area contributed by atoms with E-state index in [1.54, 1.807) is 0 Å². The van der Waals surface area contributed by atoms with Gasteiger partial charge in [0.05, 0.1) is 6.61 Å². The molecule has 1 aliphatic heterocycles. The largest absolute Gasteiger partial charge is 0.480 e. The summed E-state index contributed by atoms with van der Waals surface area (Å²) in [5, 5.41) is 9.54. The van der Waals surface area contributed by atoms with Gasteiger partial charge in [-0.3, -0.25) is 4.79 Å². The molecule has 0 saturated heterocycles. The molecule has 3 rings (SSSR count). The number of carbonyl (C=O) groups excluding carboxylic acids is 1. The van der Waals surface area contributed by atoms with E-state index in [0.717, 1.165) is 11.1 Å². The van der Waals surface area contributed by atoms with Crippen molar-refractivity contribution in [3.8, 4) is 0 Å². The van der Waals surface area contributed by atoms with Crippen molar-refractivity contribution in [3.05, 3.63) is 70.5 Å². The zero-order valence-electron chi connectivity index (χ0n) is 13.7. The number of carbonyl (C=O) groups is 2. The third kappa shape index (κ3) is 3.39. The van der Waals surface area contributed by atoms with Crippen LogP contribution in [-0.4, -0.2) is 35.0 Å². The summed E-state index contributed by atoms with van der Waals surface area (Å²) in [5.74, 6) is -1.95. The summed E-state index contributed by atoms with van der Waals surface area (Å²) in [4.78, 5) is 25.9.